The number of halogens is 5. The number of imide groups is 1. The first kappa shape index (κ1) is 21.2. The highest BCUT2D eigenvalue weighted by Crippen LogP contribution is 2.39. The average Bonchev–Trinajstić information content (AvgIpc) is 2.88. The Morgan fingerprint density at radius 2 is 1.80 bits per heavy atom. The molecule has 6 nitrogen and oxygen atoms in total. The van der Waals surface area contributed by atoms with Gasteiger partial charge in [-0.1, -0.05) is 18.2 Å². The van der Waals surface area contributed by atoms with Gasteiger partial charge in [0.25, 0.3) is 5.91 Å². The van der Waals surface area contributed by atoms with Crippen LogP contribution in [-0.2, 0) is 21.3 Å². The van der Waals surface area contributed by atoms with Gasteiger partial charge in [-0.2, -0.15) is 13.2 Å². The maximum absolute atomic E-state index is 13.6. The molecule has 158 valence electrons. The average molecular weight is 427 g/mol. The van der Waals surface area contributed by atoms with Gasteiger partial charge < -0.3 is 10.6 Å². The van der Waals surface area contributed by atoms with Crippen molar-refractivity contribution < 1.29 is 36.3 Å². The lowest BCUT2D eigenvalue weighted by Gasteiger charge is -2.25. The molecule has 0 saturated carbocycles. The molecule has 1 saturated heterocycles. The second-order valence-corrected chi connectivity index (χ2v) is 6.66. The van der Waals surface area contributed by atoms with Crippen LogP contribution in [0, 0.1) is 11.6 Å². The highest BCUT2D eigenvalue weighted by molar-refractivity contribution is 6.10. The minimum Gasteiger partial charge on any atom is -0.322 e. The molecule has 0 spiro atoms. The molecule has 11 heteroatoms. The monoisotopic (exact) mass is 427 g/mol. The Morgan fingerprint density at radius 1 is 1.13 bits per heavy atom. The topological polar surface area (TPSA) is 78.5 Å². The molecule has 2 N–H and O–H groups in total. The molecule has 1 heterocycles. The quantitative estimate of drug-likeness (QED) is 0.580. The molecule has 2 aromatic rings. The van der Waals surface area contributed by atoms with E-state index < -0.39 is 64.6 Å². The molecule has 30 heavy (non-hydrogen) atoms. The predicted molar refractivity (Wildman–Crippen MR) is 94.0 cm³/mol. The van der Waals surface area contributed by atoms with E-state index in [4.69, 9.17) is 0 Å². The Labute approximate surface area is 166 Å². The minimum absolute atomic E-state index is 0.402. The number of hydrogen-bond acceptors (Lipinski definition) is 3. The van der Waals surface area contributed by atoms with Crippen molar-refractivity contribution in [2.75, 3.05) is 11.9 Å². The van der Waals surface area contributed by atoms with Gasteiger partial charge >= 0.3 is 12.2 Å². The summed E-state index contributed by atoms with van der Waals surface area (Å²) in [5.41, 5.74) is -4.20. The van der Waals surface area contributed by atoms with Crippen molar-refractivity contribution in [3.05, 3.63) is 65.2 Å². The lowest BCUT2D eigenvalue weighted by atomic mass is 9.87. The van der Waals surface area contributed by atoms with Crippen molar-refractivity contribution in [3.63, 3.8) is 0 Å². The van der Waals surface area contributed by atoms with Gasteiger partial charge in [0.15, 0.2) is 0 Å². The third-order valence-electron chi connectivity index (χ3n) is 4.55. The van der Waals surface area contributed by atoms with Crippen molar-refractivity contribution in [1.29, 1.82) is 0 Å². The van der Waals surface area contributed by atoms with Crippen LogP contribution in [0.5, 0.6) is 0 Å². The van der Waals surface area contributed by atoms with Crippen LogP contribution in [0.4, 0.5) is 32.4 Å². The molecule has 1 fully saturated rings. The smallest absolute Gasteiger partial charge is 0.322 e. The number of anilines is 1. The normalized spacial score (nSPS) is 19.1. The summed E-state index contributed by atoms with van der Waals surface area (Å²) in [6, 6.07) is 5.41. The van der Waals surface area contributed by atoms with Gasteiger partial charge in [0.1, 0.15) is 23.7 Å². The predicted octanol–water partition coefficient (Wildman–Crippen LogP) is 3.39. The second kappa shape index (κ2) is 7.39. The fourth-order valence-corrected chi connectivity index (χ4v) is 3.12. The van der Waals surface area contributed by atoms with Gasteiger partial charge in [-0.05, 0) is 30.7 Å². The third-order valence-corrected chi connectivity index (χ3v) is 4.55. The van der Waals surface area contributed by atoms with Crippen molar-refractivity contribution in [3.8, 4) is 0 Å². The van der Waals surface area contributed by atoms with Crippen molar-refractivity contribution >= 4 is 23.5 Å². The van der Waals surface area contributed by atoms with Crippen LogP contribution in [0.2, 0.25) is 0 Å². The summed E-state index contributed by atoms with van der Waals surface area (Å²) in [7, 11) is 0. The van der Waals surface area contributed by atoms with Crippen LogP contribution in [-0.4, -0.2) is 29.3 Å². The highest BCUT2D eigenvalue weighted by atomic mass is 19.4. The van der Waals surface area contributed by atoms with Gasteiger partial charge in [0.2, 0.25) is 5.91 Å². The van der Waals surface area contributed by atoms with E-state index in [1.54, 1.807) is 0 Å². The van der Waals surface area contributed by atoms with E-state index in [9.17, 15) is 36.3 Å². The van der Waals surface area contributed by atoms with Crippen LogP contribution >= 0.6 is 0 Å². The van der Waals surface area contributed by atoms with E-state index in [0.29, 0.717) is 11.0 Å². The van der Waals surface area contributed by atoms with E-state index in [1.165, 1.54) is 6.07 Å². The number of rotatable bonds is 4. The molecule has 0 bridgehead atoms. The second-order valence-electron chi connectivity index (χ2n) is 6.66. The van der Waals surface area contributed by atoms with Crippen LogP contribution in [0.3, 0.4) is 0 Å². The summed E-state index contributed by atoms with van der Waals surface area (Å²) >= 11 is 0. The number of carbonyl (C=O) groups excluding carboxylic acids is 3. The summed E-state index contributed by atoms with van der Waals surface area (Å²) in [6.45, 7) is 0.173. The van der Waals surface area contributed by atoms with Crippen LogP contribution in [0.25, 0.3) is 0 Å². The Kier molecular flexibility index (Phi) is 5.23. The fourth-order valence-electron chi connectivity index (χ4n) is 3.12. The summed E-state index contributed by atoms with van der Waals surface area (Å²) in [6.07, 6.45) is -4.79. The highest BCUT2D eigenvalue weighted by Gasteiger charge is 2.52. The lowest BCUT2D eigenvalue weighted by Crippen LogP contribution is -2.43. The Balaban J connectivity index is 1.85. The Morgan fingerprint density at radius 3 is 2.47 bits per heavy atom. The third kappa shape index (κ3) is 3.82. The first-order valence-corrected chi connectivity index (χ1v) is 8.49. The molecular weight excluding hydrogens is 413 g/mol. The molecule has 1 aliphatic heterocycles. The first-order chi connectivity index (χ1) is 13.9. The summed E-state index contributed by atoms with van der Waals surface area (Å²) in [4.78, 5) is 37.6. The molecule has 0 aliphatic carbocycles. The van der Waals surface area contributed by atoms with Gasteiger partial charge in [-0.3, -0.25) is 14.5 Å². The molecule has 3 rings (SSSR count). The number of amides is 4. The molecule has 1 atom stereocenters. The molecule has 4 amide bonds. The molecule has 2 aromatic carbocycles. The SMILES string of the molecule is C[C@]1(c2ccccc2C(F)(F)F)NC(=O)N(CC(=O)Nc2cc(F)ccc2F)C1=O. The molecule has 0 radical (unpaired) electrons. The largest absolute Gasteiger partial charge is 0.416 e. The van der Waals surface area contributed by atoms with Crippen LogP contribution in [0.15, 0.2) is 42.5 Å². The molecular formula is C19H14F5N3O3. The number of nitrogens with one attached hydrogen (secondary N) is 2. The maximum Gasteiger partial charge on any atom is 0.416 e. The van der Waals surface area contributed by atoms with Gasteiger partial charge in [-0.25, -0.2) is 13.6 Å². The number of benzene rings is 2. The van der Waals surface area contributed by atoms with Crippen LogP contribution in [0.1, 0.15) is 18.1 Å². The number of carbonyl (C=O) groups is 3. The van der Waals surface area contributed by atoms with E-state index in [1.807, 2.05) is 5.32 Å². The van der Waals surface area contributed by atoms with E-state index in [2.05, 4.69) is 5.32 Å². The summed E-state index contributed by atoms with van der Waals surface area (Å²) in [5.74, 6) is -3.93. The number of hydrogen-bond donors (Lipinski definition) is 2. The van der Waals surface area contributed by atoms with Gasteiger partial charge in [0, 0.05) is 6.07 Å². The van der Waals surface area contributed by atoms with Gasteiger partial charge in [0.05, 0.1) is 11.3 Å². The molecule has 0 aromatic heterocycles. The number of nitrogens with zero attached hydrogens (tertiary/aromatic N) is 1. The van der Waals surface area contributed by atoms with E-state index in [0.717, 1.165) is 37.3 Å². The van der Waals surface area contributed by atoms with Crippen molar-refractivity contribution in [1.82, 2.24) is 10.2 Å². The maximum atomic E-state index is 13.6. The number of alkyl halides is 3. The Bertz CT molecular complexity index is 1040. The van der Waals surface area contributed by atoms with Crippen LogP contribution < -0.4 is 10.6 Å². The summed E-state index contributed by atoms with van der Waals surface area (Å²) in [5, 5.41) is 4.19. The zero-order chi connectivity index (χ0) is 22.3. The zero-order valence-corrected chi connectivity index (χ0v) is 15.3. The van der Waals surface area contributed by atoms with Crippen molar-refractivity contribution in [2.45, 2.75) is 18.6 Å². The van der Waals surface area contributed by atoms with E-state index in [-0.39, 0.29) is 0 Å². The summed E-state index contributed by atoms with van der Waals surface area (Å²) < 4.78 is 66.9. The fraction of sp³-hybridized carbons (Fsp3) is 0.211. The Hall–Kier alpha value is -3.50. The van der Waals surface area contributed by atoms with Crippen molar-refractivity contribution in [2.24, 2.45) is 0 Å². The lowest BCUT2D eigenvalue weighted by molar-refractivity contribution is -0.140. The van der Waals surface area contributed by atoms with Gasteiger partial charge in [-0.15, -0.1) is 0 Å². The first-order valence-electron chi connectivity index (χ1n) is 8.49. The minimum atomic E-state index is -4.79. The molecule has 0 unspecified atom stereocenters. The van der Waals surface area contributed by atoms with E-state index >= 15 is 0 Å². The number of urea groups is 1. The zero-order valence-electron chi connectivity index (χ0n) is 15.3. The standard InChI is InChI=1S/C19H14F5N3O3/c1-18(11-4-2-3-5-12(11)19(22,23)24)16(29)27(17(30)26-18)9-15(28)25-14-8-10(20)6-7-13(14)21/h2-8H,9H2,1H3,(H,25,28)(H,26,30)/t18-/m1/s1. The molecule has 1 aliphatic rings.